The van der Waals surface area contributed by atoms with Crippen molar-refractivity contribution in [2.75, 3.05) is 0 Å². The van der Waals surface area contributed by atoms with Crippen LogP contribution in [0.3, 0.4) is 0 Å². The molecule has 0 radical (unpaired) electrons. The summed E-state index contributed by atoms with van der Waals surface area (Å²) >= 11 is 13.1. The van der Waals surface area contributed by atoms with Crippen molar-refractivity contribution in [3.8, 4) is 5.75 Å². The van der Waals surface area contributed by atoms with E-state index in [1.165, 1.54) is 36.0 Å². The van der Waals surface area contributed by atoms with Crippen LogP contribution in [0.25, 0.3) is 0 Å². The highest BCUT2D eigenvalue weighted by atomic mass is 35.5. The average Bonchev–Trinajstić information content (AvgIpc) is 3.02. The highest BCUT2D eigenvalue weighted by Gasteiger charge is 2.36. The second-order valence-corrected chi connectivity index (χ2v) is 9.55. The van der Waals surface area contributed by atoms with Gasteiger partial charge >= 0.3 is 0 Å². The largest absolute Gasteiger partial charge is 0.487 e. The van der Waals surface area contributed by atoms with Crippen LogP contribution in [0.15, 0.2) is 66.7 Å². The minimum absolute atomic E-state index is 0.0770. The van der Waals surface area contributed by atoms with Gasteiger partial charge in [0.05, 0.1) is 16.8 Å². The molecule has 8 heteroatoms. The summed E-state index contributed by atoms with van der Waals surface area (Å²) in [5, 5.41) is 0.0678. The third-order valence-electron chi connectivity index (χ3n) is 4.96. The molecule has 0 unspecified atom stereocenters. The number of hydrogen-bond acceptors (Lipinski definition) is 4. The minimum atomic E-state index is -0.349. The number of nitrogens with zero attached hydrogens (tertiary/aromatic N) is 1. The number of carbonyl (C=O) groups excluding carboxylic acids is 1. The molecule has 1 aliphatic rings. The van der Waals surface area contributed by atoms with Gasteiger partial charge in [0.15, 0.2) is 0 Å². The second kappa shape index (κ2) is 9.98. The predicted molar refractivity (Wildman–Crippen MR) is 127 cm³/mol. The first-order valence-electron chi connectivity index (χ1n) is 9.81. The monoisotopic (exact) mass is 489 g/mol. The van der Waals surface area contributed by atoms with Gasteiger partial charge in [-0.1, -0.05) is 65.9 Å². The van der Waals surface area contributed by atoms with Gasteiger partial charge in [0, 0.05) is 0 Å². The molecule has 3 aromatic carbocycles. The van der Waals surface area contributed by atoms with Crippen molar-refractivity contribution in [2.45, 2.75) is 24.8 Å². The molecular formula is C24H18ClF2NO2S2. The first-order valence-corrected chi connectivity index (χ1v) is 11.5. The highest BCUT2D eigenvalue weighted by molar-refractivity contribution is 8.24. The molecule has 1 aliphatic heterocycles. The van der Waals surface area contributed by atoms with Gasteiger partial charge in [0.2, 0.25) is 5.91 Å². The van der Waals surface area contributed by atoms with Gasteiger partial charge in [-0.25, -0.2) is 8.78 Å². The van der Waals surface area contributed by atoms with Crippen molar-refractivity contribution >= 4 is 45.8 Å². The summed E-state index contributed by atoms with van der Waals surface area (Å²) < 4.78 is 32.6. The van der Waals surface area contributed by atoms with E-state index >= 15 is 0 Å². The van der Waals surface area contributed by atoms with E-state index in [-0.39, 0.29) is 29.4 Å². The van der Waals surface area contributed by atoms with Gasteiger partial charge in [0.25, 0.3) is 0 Å². The molecule has 4 rings (SSSR count). The molecule has 0 spiro atoms. The molecule has 0 saturated carbocycles. The fraction of sp³-hybridized carbons (Fsp3) is 0.167. The molecule has 32 heavy (non-hydrogen) atoms. The zero-order valence-electron chi connectivity index (χ0n) is 16.8. The van der Waals surface area contributed by atoms with E-state index in [0.29, 0.717) is 33.6 Å². The summed E-state index contributed by atoms with van der Waals surface area (Å²) in [6.45, 7) is 0.509. The van der Waals surface area contributed by atoms with Crippen molar-refractivity contribution in [3.05, 3.63) is 100 Å². The van der Waals surface area contributed by atoms with Crippen LogP contribution >= 0.6 is 35.6 Å². The highest BCUT2D eigenvalue weighted by Crippen LogP contribution is 2.33. The molecule has 164 valence electrons. The van der Waals surface area contributed by atoms with Crippen molar-refractivity contribution < 1.29 is 18.3 Å². The van der Waals surface area contributed by atoms with Crippen LogP contribution in [0.5, 0.6) is 5.75 Å². The number of ether oxygens (including phenoxy) is 1. The minimum Gasteiger partial charge on any atom is -0.487 e. The third kappa shape index (κ3) is 5.46. The zero-order valence-corrected chi connectivity index (χ0v) is 19.2. The topological polar surface area (TPSA) is 29.5 Å². The second-order valence-electron chi connectivity index (χ2n) is 7.31. The molecular weight excluding hydrogens is 472 g/mol. The Morgan fingerprint density at radius 3 is 2.44 bits per heavy atom. The van der Waals surface area contributed by atoms with Gasteiger partial charge in [-0.3, -0.25) is 9.69 Å². The fourth-order valence-corrected chi connectivity index (χ4v) is 5.12. The number of thiocarbonyl (C=S) groups is 1. The van der Waals surface area contributed by atoms with E-state index in [9.17, 15) is 13.6 Å². The van der Waals surface area contributed by atoms with Crippen LogP contribution in [0.1, 0.15) is 16.7 Å². The van der Waals surface area contributed by atoms with E-state index in [1.54, 1.807) is 41.3 Å². The van der Waals surface area contributed by atoms with Crippen molar-refractivity contribution in [2.24, 2.45) is 0 Å². The predicted octanol–water partition coefficient (Wildman–Crippen LogP) is 6.17. The first-order chi connectivity index (χ1) is 15.4. The van der Waals surface area contributed by atoms with Gasteiger partial charge in [0.1, 0.15) is 28.3 Å². The molecule has 1 fully saturated rings. The Morgan fingerprint density at radius 1 is 0.969 bits per heavy atom. The maximum atomic E-state index is 13.3. The van der Waals surface area contributed by atoms with Crippen LogP contribution in [0.2, 0.25) is 5.02 Å². The van der Waals surface area contributed by atoms with E-state index in [0.717, 1.165) is 11.1 Å². The number of benzene rings is 3. The summed E-state index contributed by atoms with van der Waals surface area (Å²) in [6, 6.07) is 17.6. The Kier molecular flexibility index (Phi) is 7.08. The Morgan fingerprint density at radius 2 is 1.72 bits per heavy atom. The molecule has 0 aromatic heterocycles. The lowest BCUT2D eigenvalue weighted by Crippen LogP contribution is -2.31. The van der Waals surface area contributed by atoms with Crippen LogP contribution in [0, 0.1) is 11.6 Å². The number of rotatable bonds is 7. The quantitative estimate of drug-likeness (QED) is 0.371. The lowest BCUT2D eigenvalue weighted by molar-refractivity contribution is -0.126. The Labute approximate surface area is 199 Å². The van der Waals surface area contributed by atoms with Crippen molar-refractivity contribution in [1.82, 2.24) is 4.90 Å². The summed E-state index contributed by atoms with van der Waals surface area (Å²) in [5.41, 5.74) is 2.39. The SMILES string of the molecule is O=C1[C@@H](Cc2ccc(OCc3cccc(F)c3)c(Cl)c2)SC(=S)N1Cc1ccc(F)cc1. The number of thioether (sulfide) groups is 1. The summed E-state index contributed by atoms with van der Waals surface area (Å²) in [7, 11) is 0. The van der Waals surface area contributed by atoms with E-state index in [2.05, 4.69) is 0 Å². The van der Waals surface area contributed by atoms with E-state index in [1.807, 2.05) is 6.07 Å². The number of halogens is 3. The molecule has 0 bridgehead atoms. The Hall–Kier alpha value is -2.48. The van der Waals surface area contributed by atoms with Gasteiger partial charge < -0.3 is 4.74 Å². The number of carbonyl (C=O) groups is 1. The maximum Gasteiger partial charge on any atom is 0.242 e. The van der Waals surface area contributed by atoms with Gasteiger partial charge in [-0.2, -0.15) is 0 Å². The summed E-state index contributed by atoms with van der Waals surface area (Å²) in [4.78, 5) is 14.4. The van der Waals surface area contributed by atoms with Crippen molar-refractivity contribution in [3.63, 3.8) is 0 Å². The van der Waals surface area contributed by atoms with Crippen LogP contribution < -0.4 is 4.74 Å². The molecule has 0 aliphatic carbocycles. The van der Waals surface area contributed by atoms with Crippen LogP contribution in [0.4, 0.5) is 8.78 Å². The Balaban J connectivity index is 1.38. The summed E-state index contributed by atoms with van der Waals surface area (Å²) in [6.07, 6.45) is 0.466. The average molecular weight is 490 g/mol. The normalized spacial score (nSPS) is 16.0. The van der Waals surface area contributed by atoms with Crippen molar-refractivity contribution in [1.29, 1.82) is 0 Å². The molecule has 3 aromatic rings. The first kappa shape index (κ1) is 22.7. The van der Waals surface area contributed by atoms with Gasteiger partial charge in [-0.05, 0) is 59.5 Å². The number of hydrogen-bond donors (Lipinski definition) is 0. The zero-order chi connectivity index (χ0) is 22.7. The number of amides is 1. The smallest absolute Gasteiger partial charge is 0.242 e. The van der Waals surface area contributed by atoms with Crippen LogP contribution in [-0.4, -0.2) is 20.4 Å². The fourth-order valence-electron chi connectivity index (χ4n) is 3.33. The third-order valence-corrected chi connectivity index (χ3v) is 6.84. The maximum absolute atomic E-state index is 13.3. The van der Waals surface area contributed by atoms with Gasteiger partial charge in [-0.15, -0.1) is 0 Å². The van der Waals surface area contributed by atoms with E-state index < -0.39 is 0 Å². The Bertz CT molecular complexity index is 1160. The molecule has 1 amide bonds. The lowest BCUT2D eigenvalue weighted by Gasteiger charge is -2.16. The molecule has 1 saturated heterocycles. The van der Waals surface area contributed by atoms with E-state index in [4.69, 9.17) is 28.6 Å². The molecule has 1 atom stereocenters. The molecule has 1 heterocycles. The molecule has 3 nitrogen and oxygen atoms in total. The summed E-state index contributed by atoms with van der Waals surface area (Å²) in [5.74, 6) is -0.236. The van der Waals surface area contributed by atoms with Crippen LogP contribution in [-0.2, 0) is 24.4 Å². The lowest BCUT2D eigenvalue weighted by atomic mass is 10.1. The molecule has 0 N–H and O–H groups in total. The standard InChI is InChI=1S/C24H18ClF2NO2S2/c25-20-11-16(6-9-21(20)30-14-17-2-1-3-19(27)10-17)12-22-23(29)28(24(31)32-22)13-15-4-7-18(26)8-5-15/h1-11,22H,12-14H2/t22-/m1/s1.